The molecule has 2 unspecified atom stereocenters. The zero-order valence-corrected chi connectivity index (χ0v) is 12.6. The molecule has 104 valence electrons. The number of amides is 2. The maximum Gasteiger partial charge on any atom is 0.245 e. The first kappa shape index (κ1) is 14.1. The van der Waals surface area contributed by atoms with Crippen molar-refractivity contribution in [3.05, 3.63) is 21.4 Å². The highest BCUT2D eigenvalue weighted by atomic mass is 32.1. The fourth-order valence-electron chi connectivity index (χ4n) is 2.57. The molecule has 1 aliphatic heterocycles. The van der Waals surface area contributed by atoms with E-state index < -0.39 is 6.04 Å². The first-order valence-corrected chi connectivity index (χ1v) is 7.38. The summed E-state index contributed by atoms with van der Waals surface area (Å²) >= 11 is 1.75. The second kappa shape index (κ2) is 5.33. The van der Waals surface area contributed by atoms with Crippen molar-refractivity contribution in [1.29, 1.82) is 0 Å². The molecule has 1 aliphatic rings. The number of nitrogens with zero attached hydrogens (tertiary/aromatic N) is 1. The highest BCUT2D eigenvalue weighted by molar-refractivity contribution is 7.12. The van der Waals surface area contributed by atoms with Gasteiger partial charge in [0.1, 0.15) is 6.04 Å². The minimum absolute atomic E-state index is 0.00148. The summed E-state index contributed by atoms with van der Waals surface area (Å²) in [4.78, 5) is 28.2. The lowest BCUT2D eigenvalue weighted by Gasteiger charge is -2.29. The van der Waals surface area contributed by atoms with Crippen LogP contribution in [-0.4, -0.2) is 29.3 Å². The Hall–Kier alpha value is -1.36. The van der Waals surface area contributed by atoms with E-state index in [4.69, 9.17) is 0 Å². The van der Waals surface area contributed by atoms with Gasteiger partial charge >= 0.3 is 0 Å². The highest BCUT2D eigenvalue weighted by Gasteiger charge is 2.31. The van der Waals surface area contributed by atoms with Gasteiger partial charge in [0.25, 0.3) is 0 Å². The van der Waals surface area contributed by atoms with Crippen LogP contribution < -0.4 is 5.32 Å². The van der Waals surface area contributed by atoms with Gasteiger partial charge in [0, 0.05) is 22.7 Å². The van der Waals surface area contributed by atoms with Crippen LogP contribution >= 0.6 is 11.3 Å². The van der Waals surface area contributed by atoms with Crippen LogP contribution in [0.4, 0.5) is 0 Å². The first-order valence-electron chi connectivity index (χ1n) is 6.57. The summed E-state index contributed by atoms with van der Waals surface area (Å²) in [5.74, 6) is -0.0459. The maximum absolute atomic E-state index is 12.3. The van der Waals surface area contributed by atoms with E-state index in [1.807, 2.05) is 11.8 Å². The molecule has 0 spiro atoms. The lowest BCUT2D eigenvalue weighted by Crippen LogP contribution is -2.43. The molecule has 1 aromatic rings. The quantitative estimate of drug-likeness (QED) is 0.902. The van der Waals surface area contributed by atoms with E-state index in [1.54, 1.807) is 18.3 Å². The van der Waals surface area contributed by atoms with Crippen molar-refractivity contribution < 1.29 is 9.59 Å². The third-order valence-corrected chi connectivity index (χ3v) is 4.59. The van der Waals surface area contributed by atoms with Crippen molar-refractivity contribution in [2.75, 3.05) is 6.54 Å². The Balaban J connectivity index is 2.26. The van der Waals surface area contributed by atoms with Gasteiger partial charge < -0.3 is 10.2 Å². The Morgan fingerprint density at radius 3 is 2.68 bits per heavy atom. The van der Waals surface area contributed by atoms with Gasteiger partial charge in [-0.25, -0.2) is 0 Å². The molecule has 0 saturated carbocycles. The standard InChI is InChI=1S/C14H20N2O2S/c1-8-7-12(11(4)19-8)10(3)16-6-5-13(17)15-9(2)14(16)18/h7,9-10H,5-6H2,1-4H3,(H,15,17). The number of hydrogen-bond donors (Lipinski definition) is 1. The Bertz CT molecular complexity index is 510. The van der Waals surface area contributed by atoms with E-state index in [0.717, 1.165) is 0 Å². The van der Waals surface area contributed by atoms with E-state index in [1.165, 1.54) is 15.3 Å². The summed E-state index contributed by atoms with van der Waals surface area (Å²) in [5, 5.41) is 2.72. The van der Waals surface area contributed by atoms with Gasteiger partial charge in [-0.2, -0.15) is 0 Å². The summed E-state index contributed by atoms with van der Waals surface area (Å²) in [7, 11) is 0. The van der Waals surface area contributed by atoms with Crippen LogP contribution in [0, 0.1) is 13.8 Å². The van der Waals surface area contributed by atoms with Crippen LogP contribution in [-0.2, 0) is 9.59 Å². The first-order chi connectivity index (χ1) is 8.90. The molecule has 1 saturated heterocycles. The van der Waals surface area contributed by atoms with Crippen LogP contribution in [0.1, 0.15) is 41.6 Å². The SMILES string of the molecule is Cc1cc(C(C)N2CCC(=O)NC(C)C2=O)c(C)s1. The molecule has 2 heterocycles. The van der Waals surface area contributed by atoms with Crippen molar-refractivity contribution in [3.8, 4) is 0 Å². The normalized spacial score (nSPS) is 22.1. The smallest absolute Gasteiger partial charge is 0.245 e. The van der Waals surface area contributed by atoms with Crippen molar-refractivity contribution in [1.82, 2.24) is 10.2 Å². The van der Waals surface area contributed by atoms with Gasteiger partial charge in [-0.15, -0.1) is 11.3 Å². The molecule has 0 radical (unpaired) electrons. The molecule has 5 heteroatoms. The summed E-state index contributed by atoms with van der Waals surface area (Å²) in [6.07, 6.45) is 0.378. The highest BCUT2D eigenvalue weighted by Crippen LogP contribution is 2.30. The Morgan fingerprint density at radius 1 is 1.42 bits per heavy atom. The van der Waals surface area contributed by atoms with E-state index in [9.17, 15) is 9.59 Å². The number of rotatable bonds is 2. The molecule has 2 atom stereocenters. The zero-order valence-electron chi connectivity index (χ0n) is 11.8. The Morgan fingerprint density at radius 2 is 2.11 bits per heavy atom. The van der Waals surface area contributed by atoms with Gasteiger partial charge in [-0.3, -0.25) is 9.59 Å². The van der Waals surface area contributed by atoms with Crippen LogP contribution in [0.3, 0.4) is 0 Å². The largest absolute Gasteiger partial charge is 0.345 e. The predicted octanol–water partition coefficient (Wildman–Crippen LogP) is 2.16. The van der Waals surface area contributed by atoms with Crippen LogP contribution in [0.2, 0.25) is 0 Å². The number of aryl methyl sites for hydroxylation is 2. The molecule has 1 aromatic heterocycles. The van der Waals surface area contributed by atoms with Gasteiger partial charge in [-0.1, -0.05) is 0 Å². The minimum atomic E-state index is -0.433. The number of hydrogen-bond acceptors (Lipinski definition) is 3. The Kier molecular flexibility index (Phi) is 3.94. The van der Waals surface area contributed by atoms with Crippen LogP contribution in [0.25, 0.3) is 0 Å². The second-order valence-corrected chi connectivity index (χ2v) is 6.58. The molecule has 0 aromatic carbocycles. The topological polar surface area (TPSA) is 49.4 Å². The van der Waals surface area contributed by atoms with E-state index in [2.05, 4.69) is 25.2 Å². The molecule has 1 fully saturated rings. The van der Waals surface area contributed by atoms with E-state index in [0.29, 0.717) is 13.0 Å². The fraction of sp³-hybridized carbons (Fsp3) is 0.571. The number of carbonyl (C=O) groups excluding carboxylic acids is 2. The minimum Gasteiger partial charge on any atom is -0.345 e. The number of thiophene rings is 1. The number of carbonyl (C=O) groups is 2. The third-order valence-electron chi connectivity index (χ3n) is 3.61. The Labute approximate surface area is 117 Å². The molecule has 1 N–H and O–H groups in total. The molecule has 4 nitrogen and oxygen atoms in total. The van der Waals surface area contributed by atoms with Crippen molar-refractivity contribution >= 4 is 23.2 Å². The van der Waals surface area contributed by atoms with Crippen molar-refractivity contribution in [2.24, 2.45) is 0 Å². The maximum atomic E-state index is 12.3. The average molecular weight is 280 g/mol. The molecular weight excluding hydrogens is 260 g/mol. The molecule has 0 aliphatic carbocycles. The molecule has 0 bridgehead atoms. The zero-order chi connectivity index (χ0) is 14.2. The molecule has 2 rings (SSSR count). The van der Waals surface area contributed by atoms with Gasteiger partial charge in [0.2, 0.25) is 11.8 Å². The van der Waals surface area contributed by atoms with Crippen LogP contribution in [0.5, 0.6) is 0 Å². The summed E-state index contributed by atoms with van der Waals surface area (Å²) in [6, 6.07) is 1.73. The van der Waals surface area contributed by atoms with E-state index >= 15 is 0 Å². The summed E-state index contributed by atoms with van der Waals surface area (Å²) < 4.78 is 0. The average Bonchev–Trinajstić information content (AvgIpc) is 2.61. The fourth-order valence-corrected chi connectivity index (χ4v) is 3.59. The predicted molar refractivity (Wildman–Crippen MR) is 76.1 cm³/mol. The lowest BCUT2D eigenvalue weighted by atomic mass is 10.1. The molecule has 19 heavy (non-hydrogen) atoms. The number of nitrogens with one attached hydrogen (secondary N) is 1. The lowest BCUT2D eigenvalue weighted by molar-refractivity contribution is -0.134. The monoisotopic (exact) mass is 280 g/mol. The van der Waals surface area contributed by atoms with Gasteiger partial charge in [0.05, 0.1) is 6.04 Å². The summed E-state index contributed by atoms with van der Waals surface area (Å²) in [6.45, 7) is 8.43. The third kappa shape index (κ3) is 2.81. The van der Waals surface area contributed by atoms with E-state index in [-0.39, 0.29) is 17.9 Å². The molecule has 2 amide bonds. The van der Waals surface area contributed by atoms with Gasteiger partial charge in [0.15, 0.2) is 0 Å². The molecular formula is C14H20N2O2S. The van der Waals surface area contributed by atoms with Crippen molar-refractivity contribution in [3.63, 3.8) is 0 Å². The van der Waals surface area contributed by atoms with Crippen LogP contribution in [0.15, 0.2) is 6.07 Å². The van der Waals surface area contributed by atoms with Gasteiger partial charge in [-0.05, 0) is 39.3 Å². The van der Waals surface area contributed by atoms with Crippen molar-refractivity contribution in [2.45, 2.75) is 46.2 Å². The summed E-state index contributed by atoms with van der Waals surface area (Å²) in [5.41, 5.74) is 1.19. The second-order valence-electron chi connectivity index (χ2n) is 5.12.